The van der Waals surface area contributed by atoms with Gasteiger partial charge in [0.2, 0.25) is 0 Å². The number of aryl methyl sites for hydroxylation is 2. The van der Waals surface area contributed by atoms with Gasteiger partial charge in [0.15, 0.2) is 6.10 Å². The maximum atomic E-state index is 12.8. The maximum Gasteiger partial charge on any atom is 0.261 e. The standard InChI is InChI=1S/C20H28N2O3S/c1-14-9-16-11-18(25-17(16)10-15(14)2)19(23)21-12-20(3-8-26-13-20)22-4-6-24-7-5-22/h9-10,18H,3-8,11-13H2,1-2H3,(H,21,23). The normalized spacial score (nSPS) is 28.6. The number of nitrogens with one attached hydrogen (secondary N) is 1. The Bertz CT molecular complexity index is 651. The molecule has 1 aromatic carbocycles. The first-order chi connectivity index (χ1) is 12.6. The van der Waals surface area contributed by atoms with E-state index in [0.717, 1.165) is 55.5 Å². The summed E-state index contributed by atoms with van der Waals surface area (Å²) in [6.45, 7) is 8.39. The largest absolute Gasteiger partial charge is 0.480 e. The Kier molecular flexibility index (Phi) is 5.17. The Balaban J connectivity index is 1.39. The molecule has 2 fully saturated rings. The van der Waals surface area contributed by atoms with Crippen LogP contribution in [-0.4, -0.2) is 66.8 Å². The lowest BCUT2D eigenvalue weighted by Gasteiger charge is -2.43. The van der Waals surface area contributed by atoms with Crippen LogP contribution in [0.2, 0.25) is 0 Å². The van der Waals surface area contributed by atoms with E-state index in [0.29, 0.717) is 13.0 Å². The number of morpholine rings is 1. The Labute approximate surface area is 159 Å². The summed E-state index contributed by atoms with van der Waals surface area (Å²) in [6, 6.07) is 4.21. The summed E-state index contributed by atoms with van der Waals surface area (Å²) < 4.78 is 11.5. The minimum Gasteiger partial charge on any atom is -0.480 e. The van der Waals surface area contributed by atoms with E-state index in [4.69, 9.17) is 9.47 Å². The molecule has 0 aliphatic carbocycles. The molecule has 142 valence electrons. The number of carbonyl (C=O) groups is 1. The second-order valence-corrected chi connectivity index (χ2v) is 8.80. The quantitative estimate of drug-likeness (QED) is 0.870. The van der Waals surface area contributed by atoms with E-state index in [1.54, 1.807) is 0 Å². The molecule has 0 saturated carbocycles. The van der Waals surface area contributed by atoms with E-state index in [9.17, 15) is 4.79 Å². The number of hydrogen-bond donors (Lipinski definition) is 1. The van der Waals surface area contributed by atoms with Gasteiger partial charge in [-0.2, -0.15) is 11.8 Å². The second kappa shape index (κ2) is 7.41. The second-order valence-electron chi connectivity index (χ2n) is 7.70. The van der Waals surface area contributed by atoms with E-state index >= 15 is 0 Å². The van der Waals surface area contributed by atoms with E-state index in [2.05, 4.69) is 36.2 Å². The molecule has 0 bridgehead atoms. The maximum absolute atomic E-state index is 12.8. The van der Waals surface area contributed by atoms with E-state index < -0.39 is 6.10 Å². The van der Waals surface area contributed by atoms with Crippen LogP contribution in [0, 0.1) is 13.8 Å². The fourth-order valence-electron chi connectivity index (χ4n) is 4.16. The molecule has 3 aliphatic rings. The molecule has 0 aromatic heterocycles. The lowest BCUT2D eigenvalue weighted by molar-refractivity contribution is -0.128. The molecule has 2 atom stereocenters. The fourth-order valence-corrected chi connectivity index (χ4v) is 5.64. The monoisotopic (exact) mass is 376 g/mol. The van der Waals surface area contributed by atoms with Gasteiger partial charge in [-0.15, -0.1) is 0 Å². The third kappa shape index (κ3) is 3.47. The lowest BCUT2D eigenvalue weighted by Crippen LogP contribution is -2.60. The summed E-state index contributed by atoms with van der Waals surface area (Å²) >= 11 is 1.99. The highest BCUT2D eigenvalue weighted by atomic mass is 32.2. The van der Waals surface area contributed by atoms with Crippen molar-refractivity contribution in [1.29, 1.82) is 0 Å². The first kappa shape index (κ1) is 18.1. The Morgan fingerprint density at radius 3 is 2.81 bits per heavy atom. The minimum atomic E-state index is -0.401. The van der Waals surface area contributed by atoms with Gasteiger partial charge in [0.25, 0.3) is 5.91 Å². The van der Waals surface area contributed by atoms with Crippen LogP contribution in [0.25, 0.3) is 0 Å². The molecule has 2 unspecified atom stereocenters. The number of rotatable bonds is 4. The van der Waals surface area contributed by atoms with Crippen LogP contribution in [0.3, 0.4) is 0 Å². The van der Waals surface area contributed by atoms with Crippen molar-refractivity contribution in [3.8, 4) is 5.75 Å². The third-order valence-corrected chi connectivity index (χ3v) is 7.23. The zero-order valence-corrected chi connectivity index (χ0v) is 16.5. The van der Waals surface area contributed by atoms with Crippen molar-refractivity contribution in [1.82, 2.24) is 10.2 Å². The predicted octanol–water partition coefficient (Wildman–Crippen LogP) is 1.93. The molecule has 3 aliphatic heterocycles. The van der Waals surface area contributed by atoms with Gasteiger partial charge in [-0.3, -0.25) is 9.69 Å². The Hall–Kier alpha value is -1.24. The van der Waals surface area contributed by atoms with E-state index in [-0.39, 0.29) is 11.4 Å². The first-order valence-corrected chi connectivity index (χ1v) is 10.7. The molecule has 26 heavy (non-hydrogen) atoms. The number of fused-ring (bicyclic) bond motifs is 1. The molecule has 1 aromatic rings. The summed E-state index contributed by atoms with van der Waals surface area (Å²) in [5.41, 5.74) is 3.68. The summed E-state index contributed by atoms with van der Waals surface area (Å²) in [7, 11) is 0. The number of benzene rings is 1. The lowest BCUT2D eigenvalue weighted by atomic mass is 9.95. The average molecular weight is 377 g/mol. The van der Waals surface area contributed by atoms with Crippen molar-refractivity contribution in [2.75, 3.05) is 44.4 Å². The summed E-state index contributed by atoms with van der Waals surface area (Å²) in [6.07, 6.45) is 1.39. The van der Waals surface area contributed by atoms with Crippen LogP contribution in [0.5, 0.6) is 5.75 Å². The number of hydrogen-bond acceptors (Lipinski definition) is 5. The van der Waals surface area contributed by atoms with Crippen molar-refractivity contribution in [2.24, 2.45) is 0 Å². The molecular formula is C20H28N2O3S. The summed E-state index contributed by atoms with van der Waals surface area (Å²) in [5, 5.41) is 3.21. The van der Waals surface area contributed by atoms with Gasteiger partial charge < -0.3 is 14.8 Å². The molecule has 1 amide bonds. The highest BCUT2D eigenvalue weighted by Crippen LogP contribution is 2.34. The molecule has 6 heteroatoms. The minimum absolute atomic E-state index is 0.0149. The average Bonchev–Trinajstić information content (AvgIpc) is 3.29. The molecule has 4 rings (SSSR count). The summed E-state index contributed by atoms with van der Waals surface area (Å²) in [4.78, 5) is 15.3. The molecule has 0 spiro atoms. The molecule has 0 radical (unpaired) electrons. The van der Waals surface area contributed by atoms with Gasteiger partial charge in [0.1, 0.15) is 5.75 Å². The van der Waals surface area contributed by atoms with E-state index in [1.807, 2.05) is 11.8 Å². The van der Waals surface area contributed by atoms with Crippen LogP contribution in [0.4, 0.5) is 0 Å². The van der Waals surface area contributed by atoms with Crippen LogP contribution >= 0.6 is 11.8 Å². The van der Waals surface area contributed by atoms with Gasteiger partial charge in [0.05, 0.1) is 13.2 Å². The first-order valence-electron chi connectivity index (χ1n) is 9.52. The highest BCUT2D eigenvalue weighted by Gasteiger charge is 2.41. The zero-order chi connectivity index (χ0) is 18.1. The summed E-state index contributed by atoms with van der Waals surface area (Å²) in [5.74, 6) is 3.13. The number of carbonyl (C=O) groups excluding carboxylic acids is 1. The molecule has 1 N–H and O–H groups in total. The SMILES string of the molecule is Cc1cc2c(cc1C)OC(C(=O)NCC1(N3CCOCC3)CCSC1)C2. The highest BCUT2D eigenvalue weighted by molar-refractivity contribution is 7.99. The molecule has 2 saturated heterocycles. The fraction of sp³-hybridized carbons (Fsp3) is 0.650. The van der Waals surface area contributed by atoms with Gasteiger partial charge in [-0.1, -0.05) is 6.07 Å². The van der Waals surface area contributed by atoms with Crippen molar-refractivity contribution >= 4 is 17.7 Å². The van der Waals surface area contributed by atoms with Crippen molar-refractivity contribution in [3.05, 3.63) is 28.8 Å². The number of nitrogens with zero attached hydrogens (tertiary/aromatic N) is 1. The van der Waals surface area contributed by atoms with Gasteiger partial charge >= 0.3 is 0 Å². The van der Waals surface area contributed by atoms with Crippen LogP contribution < -0.4 is 10.1 Å². The Morgan fingerprint density at radius 2 is 2.08 bits per heavy atom. The number of ether oxygens (including phenoxy) is 2. The Morgan fingerprint density at radius 1 is 1.31 bits per heavy atom. The number of amides is 1. The molecule has 5 nitrogen and oxygen atoms in total. The van der Waals surface area contributed by atoms with Crippen molar-refractivity contribution < 1.29 is 14.3 Å². The zero-order valence-electron chi connectivity index (χ0n) is 15.7. The van der Waals surface area contributed by atoms with Gasteiger partial charge in [0, 0.05) is 37.3 Å². The molecular weight excluding hydrogens is 348 g/mol. The van der Waals surface area contributed by atoms with Crippen molar-refractivity contribution in [3.63, 3.8) is 0 Å². The smallest absolute Gasteiger partial charge is 0.261 e. The van der Waals surface area contributed by atoms with Crippen LogP contribution in [-0.2, 0) is 16.0 Å². The third-order valence-electron chi connectivity index (χ3n) is 6.00. The van der Waals surface area contributed by atoms with E-state index in [1.165, 1.54) is 11.1 Å². The van der Waals surface area contributed by atoms with Gasteiger partial charge in [-0.05, 0) is 48.8 Å². The van der Waals surface area contributed by atoms with Crippen LogP contribution in [0.1, 0.15) is 23.1 Å². The predicted molar refractivity (Wildman–Crippen MR) is 104 cm³/mol. The van der Waals surface area contributed by atoms with Crippen LogP contribution in [0.15, 0.2) is 12.1 Å². The topological polar surface area (TPSA) is 50.8 Å². The molecule has 3 heterocycles. The van der Waals surface area contributed by atoms with Crippen molar-refractivity contribution in [2.45, 2.75) is 38.3 Å². The number of thioether (sulfide) groups is 1. The van der Waals surface area contributed by atoms with Gasteiger partial charge in [-0.25, -0.2) is 0 Å².